The van der Waals surface area contributed by atoms with Crippen LogP contribution in [0.1, 0.15) is 49.2 Å². The van der Waals surface area contributed by atoms with Gasteiger partial charge in [0.2, 0.25) is 5.89 Å². The highest BCUT2D eigenvalue weighted by Crippen LogP contribution is 2.21. The maximum absolute atomic E-state index is 12.2. The van der Waals surface area contributed by atoms with Crippen molar-refractivity contribution in [3.8, 4) is 0 Å². The molecular weight excluding hydrogens is 264 g/mol. The van der Waals surface area contributed by atoms with Crippen molar-refractivity contribution in [2.24, 2.45) is 0 Å². The Morgan fingerprint density at radius 1 is 1.55 bits per heavy atom. The summed E-state index contributed by atoms with van der Waals surface area (Å²) in [4.78, 5) is 28.3. The molecule has 1 atom stereocenters. The maximum atomic E-state index is 12.2. The molecule has 1 aliphatic heterocycles. The zero-order valence-corrected chi connectivity index (χ0v) is 11.5. The van der Waals surface area contributed by atoms with Crippen LogP contribution in [0.15, 0.2) is 4.52 Å². The number of amides is 1. The molecule has 0 saturated carbocycles. The number of hydrogen-bond acceptors (Lipinski definition) is 6. The minimum atomic E-state index is -1.08. The average Bonchev–Trinajstić information content (AvgIpc) is 3.04. The lowest BCUT2D eigenvalue weighted by Crippen LogP contribution is -2.41. The third-order valence-electron chi connectivity index (χ3n) is 3.18. The molecule has 2 N–H and O–H groups in total. The van der Waals surface area contributed by atoms with Gasteiger partial charge in [-0.05, 0) is 33.2 Å². The molecule has 20 heavy (non-hydrogen) atoms. The van der Waals surface area contributed by atoms with Crippen LogP contribution in [-0.4, -0.2) is 51.2 Å². The number of hydrogen-bond donors (Lipinski definition) is 2. The summed E-state index contributed by atoms with van der Waals surface area (Å²) in [6, 6.07) is -0.277. The van der Waals surface area contributed by atoms with Gasteiger partial charge in [0.15, 0.2) is 0 Å². The third kappa shape index (κ3) is 3.13. The second kappa shape index (κ2) is 6.00. The highest BCUT2D eigenvalue weighted by Gasteiger charge is 2.28. The first-order chi connectivity index (χ1) is 9.49. The lowest BCUT2D eigenvalue weighted by atomic mass is 10.2. The van der Waals surface area contributed by atoms with Gasteiger partial charge in [-0.15, -0.1) is 0 Å². The van der Waals surface area contributed by atoms with Crippen LogP contribution < -0.4 is 5.32 Å². The van der Waals surface area contributed by atoms with Gasteiger partial charge in [-0.25, -0.2) is 0 Å². The van der Waals surface area contributed by atoms with Gasteiger partial charge in [0, 0.05) is 6.04 Å². The van der Waals surface area contributed by atoms with Crippen molar-refractivity contribution in [2.75, 3.05) is 13.1 Å². The maximum Gasteiger partial charge on any atom is 0.323 e. The Morgan fingerprint density at radius 3 is 2.85 bits per heavy atom. The van der Waals surface area contributed by atoms with Crippen molar-refractivity contribution in [2.45, 2.75) is 38.8 Å². The molecule has 0 radical (unpaired) electrons. The van der Waals surface area contributed by atoms with E-state index in [1.54, 1.807) is 13.8 Å². The second-order valence-electron chi connectivity index (χ2n) is 5.03. The molecule has 1 saturated heterocycles. The molecule has 110 valence electrons. The van der Waals surface area contributed by atoms with Crippen LogP contribution in [0.5, 0.6) is 0 Å². The molecule has 0 bridgehead atoms. The van der Waals surface area contributed by atoms with Gasteiger partial charge in [-0.3, -0.25) is 9.59 Å². The molecule has 8 nitrogen and oxygen atoms in total. The van der Waals surface area contributed by atoms with E-state index in [0.29, 0.717) is 5.89 Å². The molecule has 0 spiro atoms. The summed E-state index contributed by atoms with van der Waals surface area (Å²) in [5, 5.41) is 15.7. The number of carboxylic acid groups (broad SMARTS) is 1. The molecule has 2 heterocycles. The van der Waals surface area contributed by atoms with E-state index in [1.165, 1.54) is 4.90 Å². The smallest absolute Gasteiger partial charge is 0.323 e. The molecule has 1 amide bonds. The van der Waals surface area contributed by atoms with Crippen LogP contribution in [0.3, 0.4) is 0 Å². The van der Waals surface area contributed by atoms with Crippen LogP contribution >= 0.6 is 0 Å². The summed E-state index contributed by atoms with van der Waals surface area (Å²) >= 11 is 0. The molecule has 1 unspecified atom stereocenters. The minimum Gasteiger partial charge on any atom is -0.480 e. The average molecular weight is 282 g/mol. The van der Waals surface area contributed by atoms with E-state index in [2.05, 4.69) is 15.5 Å². The van der Waals surface area contributed by atoms with E-state index in [-0.39, 0.29) is 24.5 Å². The van der Waals surface area contributed by atoms with Gasteiger partial charge in [0.25, 0.3) is 11.7 Å². The third-order valence-corrected chi connectivity index (χ3v) is 3.18. The number of carbonyl (C=O) groups is 2. The molecular formula is C12H18N4O4. The van der Waals surface area contributed by atoms with Crippen molar-refractivity contribution in [3.05, 3.63) is 11.7 Å². The minimum absolute atomic E-state index is 0.0176. The number of nitrogens with one attached hydrogen (secondary N) is 1. The summed E-state index contributed by atoms with van der Waals surface area (Å²) in [5.41, 5.74) is 0. The fourth-order valence-corrected chi connectivity index (χ4v) is 2.12. The summed E-state index contributed by atoms with van der Waals surface area (Å²) in [6.45, 7) is 3.97. The quantitative estimate of drug-likeness (QED) is 0.806. The number of rotatable bonds is 5. The molecule has 1 aliphatic rings. The molecule has 1 fully saturated rings. The van der Waals surface area contributed by atoms with E-state index >= 15 is 0 Å². The number of aromatic nitrogens is 2. The highest BCUT2D eigenvalue weighted by atomic mass is 16.5. The number of carbonyl (C=O) groups excluding carboxylic acids is 1. The van der Waals surface area contributed by atoms with E-state index < -0.39 is 11.9 Å². The topological polar surface area (TPSA) is 109 Å². The monoisotopic (exact) mass is 282 g/mol. The number of carboxylic acids is 1. The zero-order chi connectivity index (χ0) is 14.7. The molecule has 0 aliphatic carbocycles. The predicted octanol–water partition coefficient (Wildman–Crippen LogP) is 0.429. The standard InChI is InChI=1S/C12H18N4O4/c1-7(2)16(6-9(17)18)12(19)10-14-11(20-15-10)8-4-3-5-13-8/h7-8,13H,3-6H2,1-2H3,(H,17,18). The van der Waals surface area contributed by atoms with Crippen molar-refractivity contribution < 1.29 is 19.2 Å². The van der Waals surface area contributed by atoms with Gasteiger partial charge in [0.05, 0.1) is 6.04 Å². The molecule has 2 rings (SSSR count). The zero-order valence-electron chi connectivity index (χ0n) is 11.5. The molecule has 0 aromatic carbocycles. The summed E-state index contributed by atoms with van der Waals surface area (Å²) < 4.78 is 5.09. The highest BCUT2D eigenvalue weighted by molar-refractivity contribution is 5.92. The Bertz CT molecular complexity index is 493. The van der Waals surface area contributed by atoms with Gasteiger partial charge >= 0.3 is 5.97 Å². The first-order valence-electron chi connectivity index (χ1n) is 6.58. The van der Waals surface area contributed by atoms with E-state index in [1.807, 2.05) is 0 Å². The molecule has 8 heteroatoms. The fraction of sp³-hybridized carbons (Fsp3) is 0.667. The lowest BCUT2D eigenvalue weighted by molar-refractivity contribution is -0.138. The Morgan fingerprint density at radius 2 is 2.30 bits per heavy atom. The van der Waals surface area contributed by atoms with Crippen LogP contribution in [0.2, 0.25) is 0 Å². The fourth-order valence-electron chi connectivity index (χ4n) is 2.12. The second-order valence-corrected chi connectivity index (χ2v) is 5.03. The van der Waals surface area contributed by atoms with Crippen molar-refractivity contribution >= 4 is 11.9 Å². The Kier molecular flexibility index (Phi) is 4.33. The van der Waals surface area contributed by atoms with Gasteiger partial charge < -0.3 is 19.8 Å². The summed E-state index contributed by atoms with van der Waals surface area (Å²) in [5.74, 6) is -1.32. The van der Waals surface area contributed by atoms with Gasteiger partial charge in [0.1, 0.15) is 6.54 Å². The Hall–Kier alpha value is -1.96. The van der Waals surface area contributed by atoms with Crippen molar-refractivity contribution in [3.63, 3.8) is 0 Å². The first kappa shape index (κ1) is 14.4. The van der Waals surface area contributed by atoms with Crippen LogP contribution in [0.4, 0.5) is 0 Å². The summed E-state index contributed by atoms with van der Waals surface area (Å²) in [7, 11) is 0. The van der Waals surface area contributed by atoms with Crippen LogP contribution in [0, 0.1) is 0 Å². The SMILES string of the molecule is CC(C)N(CC(=O)O)C(=O)c1noc(C2CCCN2)n1. The molecule has 1 aromatic heterocycles. The Balaban J connectivity index is 2.12. The Labute approximate surface area is 116 Å². The lowest BCUT2D eigenvalue weighted by Gasteiger charge is -2.22. The molecule has 1 aromatic rings. The first-order valence-corrected chi connectivity index (χ1v) is 6.58. The number of nitrogens with zero attached hydrogens (tertiary/aromatic N) is 3. The van der Waals surface area contributed by atoms with E-state index in [4.69, 9.17) is 9.63 Å². The van der Waals surface area contributed by atoms with E-state index in [9.17, 15) is 9.59 Å². The normalized spacial score (nSPS) is 18.4. The van der Waals surface area contributed by atoms with Gasteiger partial charge in [-0.1, -0.05) is 5.16 Å². The van der Waals surface area contributed by atoms with Crippen LogP contribution in [0.25, 0.3) is 0 Å². The van der Waals surface area contributed by atoms with Crippen molar-refractivity contribution in [1.82, 2.24) is 20.4 Å². The van der Waals surface area contributed by atoms with Crippen LogP contribution in [-0.2, 0) is 4.79 Å². The van der Waals surface area contributed by atoms with Gasteiger partial charge in [-0.2, -0.15) is 4.98 Å². The van der Waals surface area contributed by atoms with Crippen molar-refractivity contribution in [1.29, 1.82) is 0 Å². The van der Waals surface area contributed by atoms with E-state index in [0.717, 1.165) is 19.4 Å². The predicted molar refractivity (Wildman–Crippen MR) is 68.1 cm³/mol. The largest absolute Gasteiger partial charge is 0.480 e. The number of aliphatic carboxylic acids is 1. The summed E-state index contributed by atoms with van der Waals surface area (Å²) in [6.07, 6.45) is 1.91.